The van der Waals surface area contributed by atoms with Crippen LogP contribution in [0, 0.1) is 17.1 Å². The predicted molar refractivity (Wildman–Crippen MR) is 76.6 cm³/mol. The maximum absolute atomic E-state index is 13.8. The van der Waals surface area contributed by atoms with Gasteiger partial charge in [-0.15, -0.1) is 0 Å². The number of nitrogens with two attached hydrogens (primary N) is 1. The highest BCUT2D eigenvalue weighted by Gasteiger charge is 2.10. The number of anilines is 1. The van der Waals surface area contributed by atoms with Crippen LogP contribution >= 0.6 is 0 Å². The minimum Gasteiger partial charge on any atom is -0.398 e. The molecule has 0 aliphatic rings. The molecule has 0 radical (unpaired) electrons. The molecule has 0 aliphatic carbocycles. The predicted octanol–water partition coefficient (Wildman–Crippen LogP) is 3.28. The molecule has 0 atom stereocenters. The van der Waals surface area contributed by atoms with Crippen molar-refractivity contribution in [3.8, 4) is 6.07 Å². The Kier molecular flexibility index (Phi) is 2.88. The highest BCUT2D eigenvalue weighted by Crippen LogP contribution is 2.23. The largest absolute Gasteiger partial charge is 0.398 e. The summed E-state index contributed by atoms with van der Waals surface area (Å²) in [5.41, 5.74) is 8.24. The number of hydrogen-bond donors (Lipinski definition) is 1. The molecule has 20 heavy (non-hydrogen) atoms. The molecule has 0 amide bonds. The van der Waals surface area contributed by atoms with Gasteiger partial charge >= 0.3 is 0 Å². The first kappa shape index (κ1) is 12.2. The second-order valence-electron chi connectivity index (χ2n) is 4.60. The number of fused-ring (bicyclic) bond motifs is 1. The molecule has 4 heteroatoms. The number of benzene rings is 2. The van der Waals surface area contributed by atoms with Gasteiger partial charge in [0.05, 0.1) is 18.2 Å². The Morgan fingerprint density at radius 1 is 1.15 bits per heavy atom. The zero-order valence-electron chi connectivity index (χ0n) is 10.7. The lowest BCUT2D eigenvalue weighted by molar-refractivity contribution is 0.603. The van der Waals surface area contributed by atoms with E-state index >= 15 is 0 Å². The van der Waals surface area contributed by atoms with E-state index in [-0.39, 0.29) is 5.82 Å². The molecule has 1 heterocycles. The standard InChI is InChI=1S/C16H12FN3/c17-14-4-2-5-15(19)13(14)10-20-8-7-12-11(9-18)3-1-6-16(12)20/h1-8H,10,19H2. The Balaban J connectivity index is 2.11. The normalized spacial score (nSPS) is 10.6. The van der Waals surface area contributed by atoms with E-state index in [2.05, 4.69) is 6.07 Å². The summed E-state index contributed by atoms with van der Waals surface area (Å²) in [6.07, 6.45) is 1.84. The zero-order chi connectivity index (χ0) is 14.1. The van der Waals surface area contributed by atoms with Gasteiger partial charge in [0.25, 0.3) is 0 Å². The molecule has 1 aromatic heterocycles. The van der Waals surface area contributed by atoms with Crippen molar-refractivity contribution in [2.45, 2.75) is 6.54 Å². The molecular formula is C16H12FN3. The van der Waals surface area contributed by atoms with Gasteiger partial charge in [-0.1, -0.05) is 12.1 Å². The van der Waals surface area contributed by atoms with Crippen LogP contribution in [0.25, 0.3) is 10.9 Å². The van der Waals surface area contributed by atoms with E-state index < -0.39 is 0 Å². The van der Waals surface area contributed by atoms with Gasteiger partial charge in [0.1, 0.15) is 5.82 Å². The highest BCUT2D eigenvalue weighted by molar-refractivity contribution is 5.86. The highest BCUT2D eigenvalue weighted by atomic mass is 19.1. The number of halogens is 1. The second kappa shape index (κ2) is 4.71. The van der Waals surface area contributed by atoms with Gasteiger partial charge in [-0.2, -0.15) is 5.26 Å². The van der Waals surface area contributed by atoms with E-state index in [4.69, 9.17) is 11.0 Å². The quantitative estimate of drug-likeness (QED) is 0.723. The third kappa shape index (κ3) is 1.90. The van der Waals surface area contributed by atoms with Crippen molar-refractivity contribution in [3.63, 3.8) is 0 Å². The maximum Gasteiger partial charge on any atom is 0.130 e. The van der Waals surface area contributed by atoms with Gasteiger partial charge in [0.2, 0.25) is 0 Å². The maximum atomic E-state index is 13.8. The van der Waals surface area contributed by atoms with E-state index in [1.807, 2.05) is 29.0 Å². The number of rotatable bonds is 2. The Morgan fingerprint density at radius 2 is 1.95 bits per heavy atom. The van der Waals surface area contributed by atoms with E-state index in [9.17, 15) is 4.39 Å². The Labute approximate surface area is 115 Å². The molecule has 0 bridgehead atoms. The summed E-state index contributed by atoms with van der Waals surface area (Å²) in [4.78, 5) is 0. The van der Waals surface area contributed by atoms with Crippen LogP contribution in [0.5, 0.6) is 0 Å². The Hall–Kier alpha value is -2.80. The summed E-state index contributed by atoms with van der Waals surface area (Å²) >= 11 is 0. The summed E-state index contributed by atoms with van der Waals surface area (Å²) in [6, 6.07) is 14.2. The summed E-state index contributed by atoms with van der Waals surface area (Å²) in [6.45, 7) is 0.344. The summed E-state index contributed by atoms with van der Waals surface area (Å²) in [7, 11) is 0. The topological polar surface area (TPSA) is 54.7 Å². The zero-order valence-corrected chi connectivity index (χ0v) is 10.7. The fourth-order valence-corrected chi connectivity index (χ4v) is 2.37. The Morgan fingerprint density at radius 3 is 2.70 bits per heavy atom. The average Bonchev–Trinajstić information content (AvgIpc) is 2.86. The van der Waals surface area contributed by atoms with Crippen molar-refractivity contribution < 1.29 is 4.39 Å². The summed E-state index contributed by atoms with van der Waals surface area (Å²) in [5.74, 6) is -0.316. The third-order valence-electron chi connectivity index (χ3n) is 3.42. The van der Waals surface area contributed by atoms with Crippen LogP contribution in [0.15, 0.2) is 48.7 Å². The fraction of sp³-hybridized carbons (Fsp3) is 0.0625. The van der Waals surface area contributed by atoms with Crippen molar-refractivity contribution in [3.05, 3.63) is 65.6 Å². The third-order valence-corrected chi connectivity index (χ3v) is 3.42. The first-order valence-electron chi connectivity index (χ1n) is 6.21. The molecule has 2 N–H and O–H groups in total. The molecule has 0 fully saturated rings. The van der Waals surface area contributed by atoms with Crippen molar-refractivity contribution in [2.75, 3.05) is 5.73 Å². The number of hydrogen-bond acceptors (Lipinski definition) is 2. The van der Waals surface area contributed by atoms with Gasteiger partial charge in [0.15, 0.2) is 0 Å². The van der Waals surface area contributed by atoms with Crippen molar-refractivity contribution in [1.82, 2.24) is 4.57 Å². The van der Waals surface area contributed by atoms with Crippen LogP contribution in [0.3, 0.4) is 0 Å². The van der Waals surface area contributed by atoms with E-state index in [1.54, 1.807) is 18.2 Å². The van der Waals surface area contributed by atoms with E-state index in [1.165, 1.54) is 6.07 Å². The second-order valence-corrected chi connectivity index (χ2v) is 4.60. The first-order valence-corrected chi connectivity index (χ1v) is 6.21. The van der Waals surface area contributed by atoms with Crippen LogP contribution in [-0.4, -0.2) is 4.57 Å². The summed E-state index contributed by atoms with van der Waals surface area (Å²) < 4.78 is 15.7. The minimum absolute atomic E-state index is 0.316. The monoisotopic (exact) mass is 265 g/mol. The summed E-state index contributed by atoms with van der Waals surface area (Å²) in [5, 5.41) is 9.95. The van der Waals surface area contributed by atoms with Gasteiger partial charge in [-0.05, 0) is 30.3 Å². The van der Waals surface area contributed by atoms with Crippen LogP contribution in [0.4, 0.5) is 10.1 Å². The van der Waals surface area contributed by atoms with Crippen molar-refractivity contribution in [1.29, 1.82) is 5.26 Å². The molecule has 3 rings (SSSR count). The number of nitrogen functional groups attached to an aromatic ring is 1. The lowest BCUT2D eigenvalue weighted by Gasteiger charge is -2.09. The van der Waals surface area contributed by atoms with Gasteiger partial charge < -0.3 is 10.3 Å². The van der Waals surface area contributed by atoms with Gasteiger partial charge in [-0.3, -0.25) is 0 Å². The molecule has 3 nitrogen and oxygen atoms in total. The van der Waals surface area contributed by atoms with Crippen LogP contribution in [0.1, 0.15) is 11.1 Å². The van der Waals surface area contributed by atoms with Gasteiger partial charge in [0, 0.05) is 28.4 Å². The molecule has 0 unspecified atom stereocenters. The van der Waals surface area contributed by atoms with Gasteiger partial charge in [-0.25, -0.2) is 4.39 Å². The lowest BCUT2D eigenvalue weighted by Crippen LogP contribution is -2.04. The van der Waals surface area contributed by atoms with Crippen LogP contribution in [-0.2, 0) is 6.54 Å². The number of aromatic nitrogens is 1. The van der Waals surface area contributed by atoms with E-state index in [0.29, 0.717) is 23.4 Å². The van der Waals surface area contributed by atoms with Crippen molar-refractivity contribution >= 4 is 16.6 Å². The van der Waals surface area contributed by atoms with E-state index in [0.717, 1.165) is 10.9 Å². The molecule has 3 aromatic rings. The number of nitriles is 1. The fourth-order valence-electron chi connectivity index (χ4n) is 2.37. The molecule has 98 valence electrons. The Bertz CT molecular complexity index is 807. The molecule has 0 spiro atoms. The van der Waals surface area contributed by atoms with Crippen molar-refractivity contribution in [2.24, 2.45) is 0 Å². The SMILES string of the molecule is N#Cc1cccc2c1ccn2Cc1c(N)cccc1F. The molecule has 2 aromatic carbocycles. The molecule has 0 saturated carbocycles. The van der Waals surface area contributed by atoms with Crippen LogP contribution in [0.2, 0.25) is 0 Å². The minimum atomic E-state index is -0.316. The first-order chi connectivity index (χ1) is 9.70. The molecular weight excluding hydrogens is 253 g/mol. The smallest absolute Gasteiger partial charge is 0.130 e. The lowest BCUT2D eigenvalue weighted by atomic mass is 10.1. The molecule has 0 aliphatic heterocycles. The number of nitrogens with zero attached hydrogens (tertiary/aromatic N) is 2. The molecule has 0 saturated heterocycles. The average molecular weight is 265 g/mol. The van der Waals surface area contributed by atoms with Crippen LogP contribution < -0.4 is 5.73 Å².